The molecule has 2 aliphatic carbocycles. The van der Waals surface area contributed by atoms with Crippen LogP contribution in [0.1, 0.15) is 5.56 Å². The number of nitrogens with zero attached hydrogens (tertiary/aromatic N) is 4. The minimum absolute atomic E-state index is 0.671. The van der Waals surface area contributed by atoms with Gasteiger partial charge >= 0.3 is 0 Å². The van der Waals surface area contributed by atoms with Gasteiger partial charge in [0.1, 0.15) is 0 Å². The summed E-state index contributed by atoms with van der Waals surface area (Å²) >= 11 is 1.69. The minimum Gasteiger partial charge on any atom is -0.305 e. The number of para-hydroxylation sites is 2. The maximum atomic E-state index is 9.10. The van der Waals surface area contributed by atoms with Gasteiger partial charge in [-0.1, -0.05) is 48.2 Å². The topological polar surface area (TPSA) is 54.5 Å². The summed E-state index contributed by atoms with van der Waals surface area (Å²) in [5.41, 5.74) is 10.5. The Morgan fingerprint density at radius 3 is 1.60 bits per heavy atom. The fourth-order valence-corrected chi connectivity index (χ4v) is 6.99. The molecular weight excluding hydrogens is 508 g/mol. The van der Waals surface area contributed by atoms with Crippen molar-refractivity contribution in [3.63, 3.8) is 0 Å². The van der Waals surface area contributed by atoms with Crippen LogP contribution in [0.3, 0.4) is 0 Å². The number of hydrogen-bond acceptors (Lipinski definition) is 4. The SMILES string of the molecule is N#Cc1ccc(Sc2ccc(-n3c4c5nc6ccccc6c-5cc4c4cc5c6ccccc6nc-5c43)cc2)cc1. The van der Waals surface area contributed by atoms with Crippen LogP contribution < -0.4 is 0 Å². The Kier molecular flexibility index (Phi) is 4.30. The van der Waals surface area contributed by atoms with Gasteiger partial charge in [0.05, 0.1) is 45.1 Å². The first kappa shape index (κ1) is 21.7. The van der Waals surface area contributed by atoms with Crippen molar-refractivity contribution in [3.8, 4) is 34.3 Å². The highest BCUT2D eigenvalue weighted by molar-refractivity contribution is 7.99. The molecule has 0 fully saturated rings. The molecule has 0 saturated carbocycles. The van der Waals surface area contributed by atoms with Gasteiger partial charge in [0.2, 0.25) is 0 Å². The zero-order valence-electron chi connectivity index (χ0n) is 21.1. The van der Waals surface area contributed by atoms with Crippen LogP contribution in [0, 0.1) is 11.3 Å². The van der Waals surface area contributed by atoms with Crippen molar-refractivity contribution in [3.05, 3.63) is 115 Å². The number of benzene rings is 4. The maximum Gasteiger partial charge on any atom is 0.0991 e. The molecule has 184 valence electrons. The van der Waals surface area contributed by atoms with Crippen molar-refractivity contribution in [1.29, 1.82) is 5.26 Å². The van der Waals surface area contributed by atoms with Crippen LogP contribution in [0.15, 0.2) is 119 Å². The monoisotopic (exact) mass is 526 g/mol. The predicted molar refractivity (Wildman–Crippen MR) is 162 cm³/mol. The molecular formula is C35H18N4S. The second kappa shape index (κ2) is 7.92. The molecule has 0 N–H and O–H groups in total. The van der Waals surface area contributed by atoms with E-state index in [9.17, 15) is 0 Å². The molecule has 2 aliphatic heterocycles. The van der Waals surface area contributed by atoms with E-state index in [1.165, 1.54) is 32.7 Å². The van der Waals surface area contributed by atoms with Crippen LogP contribution in [0.25, 0.3) is 71.8 Å². The fraction of sp³-hybridized carbons (Fsp3) is 0. The van der Waals surface area contributed by atoms with Crippen LogP contribution in [-0.2, 0) is 0 Å². The van der Waals surface area contributed by atoms with Gasteiger partial charge in [-0.3, -0.25) is 0 Å². The van der Waals surface area contributed by atoms with E-state index in [2.05, 4.69) is 83.4 Å². The predicted octanol–water partition coefficient (Wildman–Crippen LogP) is 8.99. The van der Waals surface area contributed by atoms with E-state index in [1.807, 2.05) is 36.4 Å². The lowest BCUT2D eigenvalue weighted by Gasteiger charge is -2.10. The Hall–Kier alpha value is -5.18. The first-order valence-electron chi connectivity index (χ1n) is 13.1. The molecule has 1 aromatic heterocycles. The van der Waals surface area contributed by atoms with E-state index in [4.69, 9.17) is 15.2 Å². The van der Waals surface area contributed by atoms with Crippen molar-refractivity contribution in [2.45, 2.75) is 9.79 Å². The molecule has 0 saturated heterocycles. The van der Waals surface area contributed by atoms with Gasteiger partial charge < -0.3 is 4.57 Å². The Morgan fingerprint density at radius 1 is 0.575 bits per heavy atom. The van der Waals surface area contributed by atoms with Gasteiger partial charge in [-0.25, -0.2) is 9.97 Å². The van der Waals surface area contributed by atoms with Gasteiger partial charge in [0.15, 0.2) is 0 Å². The fourth-order valence-electron chi connectivity index (χ4n) is 6.18. The van der Waals surface area contributed by atoms with E-state index in [0.717, 1.165) is 48.9 Å². The summed E-state index contributed by atoms with van der Waals surface area (Å²) in [6.45, 7) is 0. The average Bonchev–Trinajstić information content (AvgIpc) is 3.77. The van der Waals surface area contributed by atoms with Crippen LogP contribution >= 0.6 is 11.8 Å². The number of rotatable bonds is 3. The van der Waals surface area contributed by atoms with Gasteiger partial charge in [0, 0.05) is 48.2 Å². The molecule has 0 atom stereocenters. The first-order valence-corrected chi connectivity index (χ1v) is 14.0. The second-order valence-corrected chi connectivity index (χ2v) is 11.3. The number of hydrogen-bond donors (Lipinski definition) is 0. The van der Waals surface area contributed by atoms with Crippen molar-refractivity contribution >= 4 is 55.4 Å². The molecule has 4 nitrogen and oxygen atoms in total. The van der Waals surface area contributed by atoms with E-state index in [1.54, 1.807) is 11.8 Å². The van der Waals surface area contributed by atoms with Gasteiger partial charge in [-0.2, -0.15) is 5.26 Å². The highest BCUT2D eigenvalue weighted by Crippen LogP contribution is 2.50. The molecule has 4 aliphatic rings. The summed E-state index contributed by atoms with van der Waals surface area (Å²) in [5.74, 6) is 0. The van der Waals surface area contributed by atoms with Gasteiger partial charge in [-0.05, 0) is 72.8 Å². The minimum atomic E-state index is 0.671. The lowest BCUT2D eigenvalue weighted by Crippen LogP contribution is -1.95. The Morgan fingerprint density at radius 2 is 1.07 bits per heavy atom. The molecule has 5 aromatic rings. The molecule has 0 radical (unpaired) electrons. The van der Waals surface area contributed by atoms with E-state index >= 15 is 0 Å². The summed E-state index contributed by atoms with van der Waals surface area (Å²) in [4.78, 5) is 12.5. The molecule has 9 rings (SSSR count). The summed E-state index contributed by atoms with van der Waals surface area (Å²) in [5, 5.41) is 13.9. The Bertz CT molecular complexity index is 2230. The molecule has 4 aromatic carbocycles. The lowest BCUT2D eigenvalue weighted by molar-refractivity contribution is 1.16. The molecule has 0 bridgehead atoms. The molecule has 40 heavy (non-hydrogen) atoms. The molecule has 5 heteroatoms. The smallest absolute Gasteiger partial charge is 0.0991 e. The quantitative estimate of drug-likeness (QED) is 0.230. The van der Waals surface area contributed by atoms with Crippen LogP contribution in [0.2, 0.25) is 0 Å². The van der Waals surface area contributed by atoms with Gasteiger partial charge in [-0.15, -0.1) is 0 Å². The van der Waals surface area contributed by atoms with Crippen molar-refractivity contribution < 1.29 is 0 Å². The van der Waals surface area contributed by atoms with E-state index in [0.29, 0.717) is 5.56 Å². The highest BCUT2D eigenvalue weighted by Gasteiger charge is 2.29. The molecule has 3 heterocycles. The summed E-state index contributed by atoms with van der Waals surface area (Å²) in [7, 11) is 0. The third-order valence-corrected chi connectivity index (χ3v) is 8.97. The zero-order chi connectivity index (χ0) is 26.4. The van der Waals surface area contributed by atoms with Crippen LogP contribution in [0.5, 0.6) is 0 Å². The standard InChI is InChI=1S/C35H18N4S/c36-19-20-9-13-22(14-10-20)40-23-15-11-21(12-16-23)39-34-28(17-26-24-5-1-3-7-30(24)37-32(26)34)29-18-27-25-6-2-4-8-31(25)38-33(27)35(29)39/h1-18H. The van der Waals surface area contributed by atoms with Crippen molar-refractivity contribution in [2.75, 3.05) is 0 Å². The second-order valence-electron chi connectivity index (χ2n) is 10.2. The van der Waals surface area contributed by atoms with Gasteiger partial charge in [0.25, 0.3) is 0 Å². The summed E-state index contributed by atoms with van der Waals surface area (Å²) < 4.78 is 2.36. The highest BCUT2D eigenvalue weighted by atomic mass is 32.2. The third-order valence-electron chi connectivity index (χ3n) is 7.95. The molecule has 0 spiro atoms. The Labute approximate surface area is 233 Å². The van der Waals surface area contributed by atoms with Crippen LogP contribution in [0.4, 0.5) is 0 Å². The average molecular weight is 527 g/mol. The first-order chi connectivity index (χ1) is 19.8. The zero-order valence-corrected chi connectivity index (χ0v) is 21.9. The normalized spacial score (nSPS) is 12.1. The van der Waals surface area contributed by atoms with Crippen LogP contribution in [-0.4, -0.2) is 14.5 Å². The largest absolute Gasteiger partial charge is 0.305 e. The van der Waals surface area contributed by atoms with Crippen molar-refractivity contribution in [2.24, 2.45) is 0 Å². The lowest BCUT2D eigenvalue weighted by atomic mass is 10.1. The number of aromatic nitrogens is 3. The Balaban J connectivity index is 1.28. The third kappa shape index (κ3) is 2.91. The van der Waals surface area contributed by atoms with E-state index < -0.39 is 0 Å². The maximum absolute atomic E-state index is 9.10. The van der Waals surface area contributed by atoms with Crippen molar-refractivity contribution in [1.82, 2.24) is 14.5 Å². The molecule has 0 unspecified atom stereocenters. The number of nitriles is 1. The summed E-state index contributed by atoms with van der Waals surface area (Å²) in [6.07, 6.45) is 0. The molecule has 0 amide bonds. The van der Waals surface area contributed by atoms with E-state index in [-0.39, 0.29) is 0 Å². The summed E-state index contributed by atoms with van der Waals surface area (Å²) in [6, 6.07) is 40.0. The number of fused-ring (bicyclic) bond motifs is 11.